The summed E-state index contributed by atoms with van der Waals surface area (Å²) in [5, 5.41) is 15.7. The Morgan fingerprint density at radius 1 is 1.17 bits per heavy atom. The van der Waals surface area contributed by atoms with Gasteiger partial charge in [0.1, 0.15) is 0 Å². The third-order valence-corrected chi connectivity index (χ3v) is 4.67. The fourth-order valence-corrected chi connectivity index (χ4v) is 3.28. The van der Waals surface area contributed by atoms with Crippen LogP contribution in [0.1, 0.15) is 36.5 Å². The van der Waals surface area contributed by atoms with E-state index in [9.17, 15) is 5.11 Å². The van der Waals surface area contributed by atoms with E-state index in [1.165, 1.54) is 11.1 Å². The second kappa shape index (κ2) is 6.34. The van der Waals surface area contributed by atoms with Crippen LogP contribution >= 0.6 is 0 Å². The van der Waals surface area contributed by atoms with Gasteiger partial charge in [-0.2, -0.15) is 5.10 Å². The summed E-state index contributed by atoms with van der Waals surface area (Å²) in [7, 11) is 0. The second-order valence-electron chi connectivity index (χ2n) is 6.41. The number of fused-ring (bicyclic) bond motifs is 2. The van der Waals surface area contributed by atoms with Gasteiger partial charge in [-0.25, -0.2) is 0 Å². The summed E-state index contributed by atoms with van der Waals surface area (Å²) in [6.45, 7) is 5.46. The highest BCUT2D eigenvalue weighted by Gasteiger charge is 2.20. The van der Waals surface area contributed by atoms with E-state index in [2.05, 4.69) is 34.3 Å². The number of rotatable bonds is 4. The molecule has 1 atom stereocenters. The van der Waals surface area contributed by atoms with Crippen LogP contribution in [-0.4, -0.2) is 31.3 Å². The SMILES string of the molecule is CC[C@@H](O)c1cc2n(n1)CCN(Cc1ccc3ccccc3n1)C2. The minimum Gasteiger partial charge on any atom is -0.387 e. The first kappa shape index (κ1) is 15.3. The Labute approximate surface area is 141 Å². The summed E-state index contributed by atoms with van der Waals surface area (Å²) < 4.78 is 2.03. The summed E-state index contributed by atoms with van der Waals surface area (Å²) >= 11 is 0. The molecule has 4 rings (SSSR count). The van der Waals surface area contributed by atoms with Crippen LogP contribution in [0.25, 0.3) is 10.9 Å². The molecule has 5 heteroatoms. The largest absolute Gasteiger partial charge is 0.387 e. The normalized spacial score (nSPS) is 16.2. The Bertz CT molecular complexity index is 857. The molecule has 1 N–H and O–H groups in total. The Hall–Kier alpha value is -2.24. The molecular formula is C19H22N4O. The molecule has 0 saturated carbocycles. The molecule has 3 aromatic rings. The molecule has 0 saturated heterocycles. The van der Waals surface area contributed by atoms with Crippen molar-refractivity contribution in [2.75, 3.05) is 6.54 Å². The van der Waals surface area contributed by atoms with Gasteiger partial charge in [-0.15, -0.1) is 0 Å². The number of pyridine rings is 1. The highest BCUT2D eigenvalue weighted by atomic mass is 16.3. The Kier molecular flexibility index (Phi) is 4.04. The number of hydrogen-bond acceptors (Lipinski definition) is 4. The van der Waals surface area contributed by atoms with Gasteiger partial charge >= 0.3 is 0 Å². The van der Waals surface area contributed by atoms with E-state index in [4.69, 9.17) is 4.98 Å². The third kappa shape index (κ3) is 2.92. The lowest BCUT2D eigenvalue weighted by Crippen LogP contribution is -2.33. The number of aliphatic hydroxyl groups is 1. The molecule has 3 heterocycles. The third-order valence-electron chi connectivity index (χ3n) is 4.67. The van der Waals surface area contributed by atoms with E-state index < -0.39 is 6.10 Å². The van der Waals surface area contributed by atoms with Gasteiger partial charge in [-0.3, -0.25) is 14.6 Å². The first-order chi connectivity index (χ1) is 11.7. The number of nitrogens with zero attached hydrogens (tertiary/aromatic N) is 4. The lowest BCUT2D eigenvalue weighted by atomic mass is 10.2. The fraction of sp³-hybridized carbons (Fsp3) is 0.368. The molecule has 2 aromatic heterocycles. The lowest BCUT2D eigenvalue weighted by molar-refractivity contribution is 0.166. The number of aromatic nitrogens is 3. The first-order valence-electron chi connectivity index (χ1n) is 8.54. The molecule has 0 bridgehead atoms. The molecular weight excluding hydrogens is 300 g/mol. The number of benzene rings is 1. The smallest absolute Gasteiger partial charge is 0.0975 e. The number of aliphatic hydroxyl groups excluding tert-OH is 1. The van der Waals surface area contributed by atoms with E-state index in [0.717, 1.165) is 43.1 Å². The molecule has 5 nitrogen and oxygen atoms in total. The van der Waals surface area contributed by atoms with Crippen LogP contribution in [0.15, 0.2) is 42.5 Å². The zero-order valence-electron chi connectivity index (χ0n) is 13.9. The van der Waals surface area contributed by atoms with Crippen LogP contribution in [0.5, 0.6) is 0 Å². The van der Waals surface area contributed by atoms with Gasteiger partial charge in [0, 0.05) is 25.0 Å². The topological polar surface area (TPSA) is 54.2 Å². The van der Waals surface area contributed by atoms with Crippen molar-refractivity contribution in [1.29, 1.82) is 0 Å². The van der Waals surface area contributed by atoms with Gasteiger partial charge in [0.2, 0.25) is 0 Å². The molecule has 0 fully saturated rings. The lowest BCUT2D eigenvalue weighted by Gasteiger charge is -2.27. The molecule has 1 aliphatic heterocycles. The van der Waals surface area contributed by atoms with Crippen LogP contribution in [0.2, 0.25) is 0 Å². The molecule has 0 amide bonds. The van der Waals surface area contributed by atoms with Gasteiger partial charge in [0.05, 0.1) is 35.2 Å². The van der Waals surface area contributed by atoms with Gasteiger partial charge in [-0.05, 0) is 24.6 Å². The summed E-state index contributed by atoms with van der Waals surface area (Å²) in [5.74, 6) is 0. The summed E-state index contributed by atoms with van der Waals surface area (Å²) in [6, 6.07) is 14.5. The van der Waals surface area contributed by atoms with Crippen molar-refractivity contribution in [1.82, 2.24) is 19.7 Å². The Morgan fingerprint density at radius 2 is 2.04 bits per heavy atom. The van der Waals surface area contributed by atoms with Crippen LogP contribution in [-0.2, 0) is 19.6 Å². The van der Waals surface area contributed by atoms with E-state index in [1.54, 1.807) is 0 Å². The molecule has 0 aliphatic carbocycles. The zero-order chi connectivity index (χ0) is 16.5. The Balaban J connectivity index is 1.50. The monoisotopic (exact) mass is 322 g/mol. The van der Waals surface area contributed by atoms with Crippen molar-refractivity contribution in [3.05, 3.63) is 59.5 Å². The zero-order valence-corrected chi connectivity index (χ0v) is 13.9. The van der Waals surface area contributed by atoms with Crippen molar-refractivity contribution < 1.29 is 5.11 Å². The van der Waals surface area contributed by atoms with Gasteiger partial charge in [-0.1, -0.05) is 31.2 Å². The predicted molar refractivity (Wildman–Crippen MR) is 93.3 cm³/mol. The number of hydrogen-bond donors (Lipinski definition) is 1. The van der Waals surface area contributed by atoms with Gasteiger partial charge in [0.15, 0.2) is 0 Å². The Morgan fingerprint density at radius 3 is 2.92 bits per heavy atom. The van der Waals surface area contributed by atoms with E-state index >= 15 is 0 Å². The average Bonchev–Trinajstić information content (AvgIpc) is 3.04. The van der Waals surface area contributed by atoms with Gasteiger partial charge in [0.25, 0.3) is 0 Å². The maximum absolute atomic E-state index is 9.98. The summed E-state index contributed by atoms with van der Waals surface area (Å²) in [6.07, 6.45) is 0.236. The van der Waals surface area contributed by atoms with Crippen LogP contribution in [0, 0.1) is 0 Å². The van der Waals surface area contributed by atoms with Crippen LogP contribution in [0.3, 0.4) is 0 Å². The predicted octanol–water partition coefficient (Wildman–Crippen LogP) is 2.89. The van der Waals surface area contributed by atoms with E-state index in [-0.39, 0.29) is 0 Å². The van der Waals surface area contributed by atoms with Crippen molar-refractivity contribution >= 4 is 10.9 Å². The standard InChI is InChI=1S/C19H22N4O/c1-2-19(24)18-11-16-13-22(9-10-23(16)21-18)12-15-8-7-14-5-3-4-6-17(14)20-15/h3-8,11,19,24H,2,9-10,12-13H2,1H3/t19-/m1/s1. The maximum Gasteiger partial charge on any atom is 0.0975 e. The van der Waals surface area contributed by atoms with E-state index in [1.807, 2.05) is 29.8 Å². The summed E-state index contributed by atoms with van der Waals surface area (Å²) in [5.41, 5.74) is 4.10. The molecule has 1 aliphatic rings. The minimum absolute atomic E-state index is 0.460. The number of para-hydroxylation sites is 1. The first-order valence-corrected chi connectivity index (χ1v) is 8.54. The highest BCUT2D eigenvalue weighted by molar-refractivity contribution is 5.78. The quantitative estimate of drug-likeness (QED) is 0.802. The van der Waals surface area contributed by atoms with Crippen molar-refractivity contribution in [3.8, 4) is 0 Å². The van der Waals surface area contributed by atoms with Crippen molar-refractivity contribution in [2.24, 2.45) is 0 Å². The molecule has 0 spiro atoms. The molecule has 24 heavy (non-hydrogen) atoms. The summed E-state index contributed by atoms with van der Waals surface area (Å²) in [4.78, 5) is 7.15. The van der Waals surface area contributed by atoms with Crippen molar-refractivity contribution in [3.63, 3.8) is 0 Å². The molecule has 124 valence electrons. The fourth-order valence-electron chi connectivity index (χ4n) is 3.28. The molecule has 0 radical (unpaired) electrons. The molecule has 0 unspecified atom stereocenters. The highest BCUT2D eigenvalue weighted by Crippen LogP contribution is 2.21. The minimum atomic E-state index is -0.460. The van der Waals surface area contributed by atoms with Crippen molar-refractivity contribution in [2.45, 2.75) is 39.1 Å². The van der Waals surface area contributed by atoms with Crippen LogP contribution in [0.4, 0.5) is 0 Å². The molecule has 1 aromatic carbocycles. The van der Waals surface area contributed by atoms with E-state index in [0.29, 0.717) is 6.42 Å². The van der Waals surface area contributed by atoms with Crippen LogP contribution < -0.4 is 0 Å². The average molecular weight is 322 g/mol. The van der Waals surface area contributed by atoms with Gasteiger partial charge < -0.3 is 5.11 Å². The maximum atomic E-state index is 9.98. The second-order valence-corrected chi connectivity index (χ2v) is 6.41.